The standard InChI is InChI=1S/C18H18O4/c1-14(19)16-9-5-6-10-17(16)22-13-18(20)21-12-11-15-7-3-2-4-8-15/h2-10H,11-13H2,1H3. The summed E-state index contributed by atoms with van der Waals surface area (Å²) in [5.74, 6) is -0.155. The van der Waals surface area contributed by atoms with Gasteiger partial charge in [0.05, 0.1) is 12.2 Å². The fourth-order valence-corrected chi connectivity index (χ4v) is 1.99. The van der Waals surface area contributed by atoms with E-state index in [9.17, 15) is 9.59 Å². The second kappa shape index (κ2) is 7.98. The summed E-state index contributed by atoms with van der Waals surface area (Å²) in [6.45, 7) is 1.56. The third kappa shape index (κ3) is 4.74. The first-order valence-corrected chi connectivity index (χ1v) is 7.09. The number of ketones is 1. The maximum Gasteiger partial charge on any atom is 0.344 e. The first kappa shape index (κ1) is 15.8. The number of Topliss-reactive ketones (excluding diaryl/α,β-unsaturated/α-hetero) is 1. The second-order valence-electron chi connectivity index (χ2n) is 4.80. The van der Waals surface area contributed by atoms with Gasteiger partial charge in [-0.1, -0.05) is 42.5 Å². The molecule has 114 valence electrons. The van der Waals surface area contributed by atoms with E-state index in [2.05, 4.69) is 0 Å². The van der Waals surface area contributed by atoms with Crippen LogP contribution in [0.15, 0.2) is 54.6 Å². The Morgan fingerprint density at radius 2 is 1.64 bits per heavy atom. The minimum Gasteiger partial charge on any atom is -0.481 e. The number of hydrogen-bond acceptors (Lipinski definition) is 4. The van der Waals surface area contributed by atoms with Gasteiger partial charge in [0.2, 0.25) is 0 Å². The molecule has 0 amide bonds. The second-order valence-corrected chi connectivity index (χ2v) is 4.80. The molecular formula is C18H18O4. The number of benzene rings is 2. The number of carbonyl (C=O) groups excluding carboxylic acids is 2. The lowest BCUT2D eigenvalue weighted by Gasteiger charge is -2.09. The van der Waals surface area contributed by atoms with Gasteiger partial charge in [0.15, 0.2) is 12.4 Å². The largest absolute Gasteiger partial charge is 0.481 e. The summed E-state index contributed by atoms with van der Waals surface area (Å²) in [6.07, 6.45) is 0.663. The van der Waals surface area contributed by atoms with Gasteiger partial charge in [0.1, 0.15) is 5.75 Å². The Hall–Kier alpha value is -2.62. The fourth-order valence-electron chi connectivity index (χ4n) is 1.99. The molecule has 0 saturated carbocycles. The van der Waals surface area contributed by atoms with Crippen molar-refractivity contribution in [2.45, 2.75) is 13.3 Å². The molecule has 0 spiro atoms. The molecular weight excluding hydrogens is 280 g/mol. The molecule has 2 aromatic carbocycles. The minimum absolute atomic E-state index is 0.104. The van der Waals surface area contributed by atoms with E-state index in [1.165, 1.54) is 6.92 Å². The third-order valence-electron chi connectivity index (χ3n) is 3.11. The van der Waals surface area contributed by atoms with Gasteiger partial charge < -0.3 is 9.47 Å². The van der Waals surface area contributed by atoms with E-state index < -0.39 is 5.97 Å². The number of esters is 1. The molecule has 0 atom stereocenters. The molecule has 0 aliphatic carbocycles. The Bertz CT molecular complexity index is 635. The van der Waals surface area contributed by atoms with Gasteiger partial charge in [-0.3, -0.25) is 4.79 Å². The van der Waals surface area contributed by atoms with Crippen molar-refractivity contribution in [3.63, 3.8) is 0 Å². The summed E-state index contributed by atoms with van der Waals surface area (Å²) in [6, 6.07) is 16.6. The van der Waals surface area contributed by atoms with Crippen molar-refractivity contribution in [2.75, 3.05) is 13.2 Å². The summed E-state index contributed by atoms with van der Waals surface area (Å²) in [5, 5.41) is 0. The first-order valence-electron chi connectivity index (χ1n) is 7.09. The van der Waals surface area contributed by atoms with Gasteiger partial charge in [-0.25, -0.2) is 4.79 Å². The Morgan fingerprint density at radius 1 is 0.955 bits per heavy atom. The summed E-state index contributed by atoms with van der Waals surface area (Å²) < 4.78 is 10.5. The Kier molecular flexibility index (Phi) is 5.72. The highest BCUT2D eigenvalue weighted by molar-refractivity contribution is 5.96. The average molecular weight is 298 g/mol. The lowest BCUT2D eigenvalue weighted by Crippen LogP contribution is -2.17. The number of rotatable bonds is 7. The first-order chi connectivity index (χ1) is 10.7. The zero-order valence-electron chi connectivity index (χ0n) is 12.5. The Balaban J connectivity index is 1.77. The van der Waals surface area contributed by atoms with E-state index in [1.807, 2.05) is 30.3 Å². The van der Waals surface area contributed by atoms with Crippen molar-refractivity contribution in [2.24, 2.45) is 0 Å². The van der Waals surface area contributed by atoms with Gasteiger partial charge in [-0.05, 0) is 24.6 Å². The van der Waals surface area contributed by atoms with Crippen molar-refractivity contribution >= 4 is 11.8 Å². The van der Waals surface area contributed by atoms with Crippen LogP contribution in [0.2, 0.25) is 0 Å². The Labute approximate surface area is 129 Å². The van der Waals surface area contributed by atoms with Crippen molar-refractivity contribution < 1.29 is 19.1 Å². The fraction of sp³-hybridized carbons (Fsp3) is 0.222. The highest BCUT2D eigenvalue weighted by Crippen LogP contribution is 2.18. The van der Waals surface area contributed by atoms with E-state index in [1.54, 1.807) is 24.3 Å². The molecule has 0 aliphatic rings. The smallest absolute Gasteiger partial charge is 0.344 e. The molecule has 2 rings (SSSR count). The number of para-hydroxylation sites is 1. The number of carbonyl (C=O) groups is 2. The molecule has 0 heterocycles. The molecule has 0 radical (unpaired) electrons. The topological polar surface area (TPSA) is 52.6 Å². The molecule has 0 unspecified atom stereocenters. The molecule has 2 aromatic rings. The van der Waals surface area contributed by atoms with Crippen molar-refractivity contribution in [1.29, 1.82) is 0 Å². The van der Waals surface area contributed by atoms with Crippen molar-refractivity contribution in [1.82, 2.24) is 0 Å². The molecule has 4 nitrogen and oxygen atoms in total. The maximum atomic E-state index is 11.7. The van der Waals surface area contributed by atoms with E-state index >= 15 is 0 Å². The lowest BCUT2D eigenvalue weighted by molar-refractivity contribution is -0.145. The summed E-state index contributed by atoms with van der Waals surface area (Å²) in [4.78, 5) is 23.1. The van der Waals surface area contributed by atoms with Gasteiger partial charge >= 0.3 is 5.97 Å². The van der Waals surface area contributed by atoms with E-state index in [4.69, 9.17) is 9.47 Å². The average Bonchev–Trinajstić information content (AvgIpc) is 2.54. The summed E-state index contributed by atoms with van der Waals surface area (Å²) >= 11 is 0. The van der Waals surface area contributed by atoms with Crippen LogP contribution in [0.3, 0.4) is 0 Å². The van der Waals surface area contributed by atoms with Gasteiger partial charge in [0, 0.05) is 6.42 Å². The van der Waals surface area contributed by atoms with Crippen LogP contribution in [-0.4, -0.2) is 25.0 Å². The molecule has 0 fully saturated rings. The van der Waals surface area contributed by atoms with Crippen LogP contribution >= 0.6 is 0 Å². The summed E-state index contributed by atoms with van der Waals surface area (Å²) in [7, 11) is 0. The molecule has 22 heavy (non-hydrogen) atoms. The van der Waals surface area contributed by atoms with Crippen LogP contribution in [-0.2, 0) is 16.0 Å². The molecule has 0 saturated heterocycles. The monoisotopic (exact) mass is 298 g/mol. The molecule has 0 N–H and O–H groups in total. The van der Waals surface area contributed by atoms with Crippen molar-refractivity contribution in [3.05, 3.63) is 65.7 Å². The normalized spacial score (nSPS) is 10.0. The van der Waals surface area contributed by atoms with Crippen LogP contribution in [0.4, 0.5) is 0 Å². The van der Waals surface area contributed by atoms with Crippen LogP contribution in [0, 0.1) is 0 Å². The predicted octanol–water partition coefficient (Wildman–Crippen LogP) is 3.05. The lowest BCUT2D eigenvalue weighted by atomic mass is 10.1. The predicted molar refractivity (Wildman–Crippen MR) is 83.0 cm³/mol. The maximum absolute atomic E-state index is 11.7. The van der Waals surface area contributed by atoms with Gasteiger partial charge in [-0.15, -0.1) is 0 Å². The molecule has 0 bridgehead atoms. The number of ether oxygens (including phenoxy) is 2. The van der Waals surface area contributed by atoms with E-state index in [0.29, 0.717) is 24.3 Å². The van der Waals surface area contributed by atoms with E-state index in [-0.39, 0.29) is 12.4 Å². The van der Waals surface area contributed by atoms with Crippen molar-refractivity contribution in [3.8, 4) is 5.75 Å². The highest BCUT2D eigenvalue weighted by Gasteiger charge is 2.10. The van der Waals surface area contributed by atoms with Crippen LogP contribution < -0.4 is 4.74 Å². The zero-order chi connectivity index (χ0) is 15.8. The molecule has 0 aliphatic heterocycles. The molecule has 0 aromatic heterocycles. The Morgan fingerprint density at radius 3 is 2.36 bits per heavy atom. The summed E-state index contributed by atoms with van der Waals surface area (Å²) in [5.41, 5.74) is 1.57. The van der Waals surface area contributed by atoms with Crippen LogP contribution in [0.25, 0.3) is 0 Å². The minimum atomic E-state index is -0.450. The molecule has 4 heteroatoms. The van der Waals surface area contributed by atoms with Crippen LogP contribution in [0.1, 0.15) is 22.8 Å². The quantitative estimate of drug-likeness (QED) is 0.582. The van der Waals surface area contributed by atoms with Crippen LogP contribution in [0.5, 0.6) is 5.75 Å². The number of hydrogen-bond donors (Lipinski definition) is 0. The van der Waals surface area contributed by atoms with Gasteiger partial charge in [-0.2, -0.15) is 0 Å². The SMILES string of the molecule is CC(=O)c1ccccc1OCC(=O)OCCc1ccccc1. The van der Waals surface area contributed by atoms with Gasteiger partial charge in [0.25, 0.3) is 0 Å². The highest BCUT2D eigenvalue weighted by atomic mass is 16.6. The zero-order valence-corrected chi connectivity index (χ0v) is 12.5. The third-order valence-corrected chi connectivity index (χ3v) is 3.11. The van der Waals surface area contributed by atoms with E-state index in [0.717, 1.165) is 5.56 Å².